The average Bonchev–Trinajstić information content (AvgIpc) is 2.67. The van der Waals surface area contributed by atoms with Crippen LogP contribution in [0.4, 0.5) is 13.2 Å². The summed E-state index contributed by atoms with van der Waals surface area (Å²) >= 11 is 0. The van der Waals surface area contributed by atoms with Gasteiger partial charge in [0.05, 0.1) is 11.6 Å². The van der Waals surface area contributed by atoms with Gasteiger partial charge in [-0.3, -0.25) is 4.79 Å². The standard InChI is InChI=1S/C22H16F3NO/c23-16-7-5-15(6-8-16)21-18-4-2-1-3-14(18)11-12-26(21)22(27)19-10-9-17(24)13-20(19)25/h1-10,13,21H,11-12H2/t21-/m0/s1. The molecule has 4 rings (SSSR count). The summed E-state index contributed by atoms with van der Waals surface area (Å²) in [6.45, 7) is 0.384. The van der Waals surface area contributed by atoms with E-state index in [-0.39, 0.29) is 11.4 Å². The maximum absolute atomic E-state index is 14.2. The number of hydrogen-bond donors (Lipinski definition) is 0. The molecule has 5 heteroatoms. The van der Waals surface area contributed by atoms with Crippen molar-refractivity contribution in [2.45, 2.75) is 12.5 Å². The van der Waals surface area contributed by atoms with Gasteiger partial charge in [0.25, 0.3) is 5.91 Å². The van der Waals surface area contributed by atoms with Gasteiger partial charge in [-0.2, -0.15) is 0 Å². The fraction of sp³-hybridized carbons (Fsp3) is 0.136. The van der Waals surface area contributed by atoms with Crippen LogP contribution in [0.3, 0.4) is 0 Å². The Morgan fingerprint density at radius 2 is 1.59 bits per heavy atom. The van der Waals surface area contributed by atoms with Gasteiger partial charge in [-0.15, -0.1) is 0 Å². The van der Waals surface area contributed by atoms with E-state index in [0.717, 1.165) is 28.8 Å². The summed E-state index contributed by atoms with van der Waals surface area (Å²) in [7, 11) is 0. The molecule has 0 N–H and O–H groups in total. The molecule has 3 aromatic carbocycles. The molecular weight excluding hydrogens is 351 g/mol. The number of rotatable bonds is 2. The lowest BCUT2D eigenvalue weighted by Crippen LogP contribution is -2.41. The van der Waals surface area contributed by atoms with Crippen LogP contribution in [0.1, 0.15) is 33.1 Å². The highest BCUT2D eigenvalue weighted by molar-refractivity contribution is 5.95. The summed E-state index contributed by atoms with van der Waals surface area (Å²) in [6, 6.07) is 16.1. The third-order valence-corrected chi connectivity index (χ3v) is 4.89. The van der Waals surface area contributed by atoms with Gasteiger partial charge < -0.3 is 4.90 Å². The highest BCUT2D eigenvalue weighted by Crippen LogP contribution is 2.36. The highest BCUT2D eigenvalue weighted by atomic mass is 19.1. The largest absolute Gasteiger partial charge is 0.327 e. The monoisotopic (exact) mass is 367 g/mol. The molecule has 1 aliphatic rings. The smallest absolute Gasteiger partial charge is 0.257 e. The molecule has 0 spiro atoms. The van der Waals surface area contributed by atoms with Gasteiger partial charge in [-0.05, 0) is 47.4 Å². The van der Waals surface area contributed by atoms with Crippen molar-refractivity contribution in [1.29, 1.82) is 0 Å². The molecule has 0 aliphatic carbocycles. The maximum Gasteiger partial charge on any atom is 0.257 e. The van der Waals surface area contributed by atoms with E-state index in [1.54, 1.807) is 17.0 Å². The molecule has 1 amide bonds. The van der Waals surface area contributed by atoms with Crippen LogP contribution in [0, 0.1) is 17.5 Å². The first-order chi connectivity index (χ1) is 13.0. The average molecular weight is 367 g/mol. The highest BCUT2D eigenvalue weighted by Gasteiger charge is 2.33. The fourth-order valence-corrected chi connectivity index (χ4v) is 3.61. The lowest BCUT2D eigenvalue weighted by Gasteiger charge is -2.38. The number of fused-ring (bicyclic) bond motifs is 1. The Hall–Kier alpha value is -3.08. The van der Waals surface area contributed by atoms with Gasteiger partial charge in [0.1, 0.15) is 17.5 Å². The Balaban J connectivity index is 1.81. The van der Waals surface area contributed by atoms with Crippen LogP contribution in [-0.4, -0.2) is 17.4 Å². The van der Waals surface area contributed by atoms with Crippen LogP contribution >= 0.6 is 0 Å². The van der Waals surface area contributed by atoms with E-state index < -0.39 is 23.6 Å². The van der Waals surface area contributed by atoms with E-state index in [9.17, 15) is 18.0 Å². The van der Waals surface area contributed by atoms with E-state index in [0.29, 0.717) is 19.0 Å². The lowest BCUT2D eigenvalue weighted by molar-refractivity contribution is 0.0689. The molecule has 0 saturated heterocycles. The molecule has 1 heterocycles. The molecule has 1 atom stereocenters. The molecule has 0 saturated carbocycles. The number of halogens is 3. The first-order valence-electron chi connectivity index (χ1n) is 8.64. The Labute approximate surface area is 154 Å². The SMILES string of the molecule is O=C(c1ccc(F)cc1F)N1CCc2ccccc2[C@@H]1c1ccc(F)cc1. The normalized spacial score (nSPS) is 16.1. The van der Waals surface area contributed by atoms with Gasteiger partial charge in [0.15, 0.2) is 0 Å². The third kappa shape index (κ3) is 3.21. The predicted molar refractivity (Wildman–Crippen MR) is 95.8 cm³/mol. The first kappa shape index (κ1) is 17.3. The van der Waals surface area contributed by atoms with Crippen LogP contribution in [-0.2, 0) is 6.42 Å². The Morgan fingerprint density at radius 1 is 0.889 bits per heavy atom. The van der Waals surface area contributed by atoms with E-state index in [1.807, 2.05) is 24.3 Å². The Bertz CT molecular complexity index is 1000. The molecule has 1 aliphatic heterocycles. The van der Waals surface area contributed by atoms with E-state index in [1.165, 1.54) is 12.1 Å². The number of carbonyl (C=O) groups excluding carboxylic acids is 1. The van der Waals surface area contributed by atoms with Crippen molar-refractivity contribution >= 4 is 5.91 Å². The molecule has 0 unspecified atom stereocenters. The van der Waals surface area contributed by atoms with Crippen LogP contribution < -0.4 is 0 Å². The second-order valence-electron chi connectivity index (χ2n) is 6.53. The van der Waals surface area contributed by atoms with E-state index >= 15 is 0 Å². The van der Waals surface area contributed by atoms with E-state index in [4.69, 9.17) is 0 Å². The van der Waals surface area contributed by atoms with Gasteiger partial charge in [0.2, 0.25) is 0 Å². The number of amides is 1. The van der Waals surface area contributed by atoms with Gasteiger partial charge >= 0.3 is 0 Å². The van der Waals surface area contributed by atoms with Crippen molar-refractivity contribution in [2.24, 2.45) is 0 Å². The van der Waals surface area contributed by atoms with Gasteiger partial charge in [-0.25, -0.2) is 13.2 Å². The minimum Gasteiger partial charge on any atom is -0.327 e. The predicted octanol–water partition coefficient (Wildman–Crippen LogP) is 4.89. The summed E-state index contributed by atoms with van der Waals surface area (Å²) in [5.74, 6) is -2.51. The topological polar surface area (TPSA) is 20.3 Å². The molecule has 0 fully saturated rings. The van der Waals surface area contributed by atoms with Crippen molar-refractivity contribution in [3.05, 3.63) is 106 Å². The molecule has 0 bridgehead atoms. The van der Waals surface area contributed by atoms with Crippen molar-refractivity contribution < 1.29 is 18.0 Å². The van der Waals surface area contributed by atoms with E-state index in [2.05, 4.69) is 0 Å². The molecule has 27 heavy (non-hydrogen) atoms. The number of nitrogens with zero attached hydrogens (tertiary/aromatic N) is 1. The summed E-state index contributed by atoms with van der Waals surface area (Å²) in [6.07, 6.45) is 0.627. The Kier molecular flexibility index (Phi) is 4.44. The molecular formula is C22H16F3NO. The minimum absolute atomic E-state index is 0.178. The zero-order valence-electron chi connectivity index (χ0n) is 14.3. The Morgan fingerprint density at radius 3 is 2.33 bits per heavy atom. The molecule has 0 radical (unpaired) electrons. The molecule has 136 valence electrons. The van der Waals surface area contributed by atoms with Crippen LogP contribution in [0.5, 0.6) is 0 Å². The van der Waals surface area contributed by atoms with Gasteiger partial charge in [-0.1, -0.05) is 36.4 Å². The third-order valence-electron chi connectivity index (χ3n) is 4.89. The zero-order chi connectivity index (χ0) is 19.0. The van der Waals surface area contributed by atoms with Crippen molar-refractivity contribution in [1.82, 2.24) is 4.90 Å². The summed E-state index contributed by atoms with van der Waals surface area (Å²) in [4.78, 5) is 14.6. The molecule has 0 aromatic heterocycles. The van der Waals surface area contributed by atoms with Gasteiger partial charge in [0, 0.05) is 12.6 Å². The summed E-state index contributed by atoms with van der Waals surface area (Å²) in [5.41, 5.74) is 2.57. The summed E-state index contributed by atoms with van der Waals surface area (Å²) in [5, 5.41) is 0. The zero-order valence-corrected chi connectivity index (χ0v) is 14.3. The number of benzene rings is 3. The fourth-order valence-electron chi connectivity index (χ4n) is 3.61. The van der Waals surface area contributed by atoms with Crippen LogP contribution in [0.15, 0.2) is 66.7 Å². The number of hydrogen-bond acceptors (Lipinski definition) is 1. The van der Waals surface area contributed by atoms with Crippen molar-refractivity contribution in [3.63, 3.8) is 0 Å². The van der Waals surface area contributed by atoms with Crippen molar-refractivity contribution in [3.8, 4) is 0 Å². The molecule has 2 nitrogen and oxygen atoms in total. The van der Waals surface area contributed by atoms with Crippen molar-refractivity contribution in [2.75, 3.05) is 6.54 Å². The lowest BCUT2D eigenvalue weighted by atomic mass is 9.87. The molecule has 3 aromatic rings. The summed E-state index contributed by atoms with van der Waals surface area (Å²) < 4.78 is 40.8. The second kappa shape index (κ2) is 6.91. The first-order valence-corrected chi connectivity index (χ1v) is 8.64. The quantitative estimate of drug-likeness (QED) is 0.631. The second-order valence-corrected chi connectivity index (χ2v) is 6.53. The number of carbonyl (C=O) groups is 1. The van der Waals surface area contributed by atoms with Crippen LogP contribution in [0.25, 0.3) is 0 Å². The minimum atomic E-state index is -0.892. The maximum atomic E-state index is 14.2. The van der Waals surface area contributed by atoms with Crippen LogP contribution in [0.2, 0.25) is 0 Å².